The lowest BCUT2D eigenvalue weighted by Gasteiger charge is -2.19. The zero-order valence-corrected chi connectivity index (χ0v) is 18.0. The van der Waals surface area contributed by atoms with Crippen LogP contribution >= 0.6 is 0 Å². The molecule has 0 bridgehead atoms. The van der Waals surface area contributed by atoms with Crippen LogP contribution in [0.3, 0.4) is 0 Å². The SMILES string of the molecule is CC(C)=CCCC(C)=CCCC(C)(O)C=Cc1c(C)c(O)c(C)c(C)c1O. The molecule has 1 rings (SSSR count). The van der Waals surface area contributed by atoms with E-state index in [-0.39, 0.29) is 11.5 Å². The molecule has 3 heteroatoms. The minimum atomic E-state index is -0.982. The van der Waals surface area contributed by atoms with Crippen LogP contribution in [0.5, 0.6) is 11.5 Å². The number of benzene rings is 1. The predicted octanol–water partition coefficient (Wildman–Crippen LogP) is 6.26. The third-order valence-corrected chi connectivity index (χ3v) is 5.13. The highest BCUT2D eigenvalue weighted by Gasteiger charge is 2.18. The summed E-state index contributed by atoms with van der Waals surface area (Å²) in [6, 6.07) is 0. The second-order valence-corrected chi connectivity index (χ2v) is 8.09. The Morgan fingerprint density at radius 3 is 2.07 bits per heavy atom. The Bertz CT molecular complexity index is 716. The molecule has 1 aromatic rings. The molecule has 0 aromatic heterocycles. The quantitative estimate of drug-likeness (QED) is 0.373. The topological polar surface area (TPSA) is 60.7 Å². The van der Waals surface area contributed by atoms with Crippen LogP contribution in [0.15, 0.2) is 29.4 Å². The minimum Gasteiger partial charge on any atom is -0.507 e. The predicted molar refractivity (Wildman–Crippen MR) is 115 cm³/mol. The standard InChI is InChI=1S/C24H36O3/c1-16(2)10-8-11-17(3)12-9-14-24(7,27)15-13-21-20(6)22(25)18(4)19(5)23(21)26/h10,12-13,15,25-27H,8-9,11,14H2,1-7H3. The average Bonchev–Trinajstić information content (AvgIpc) is 2.57. The van der Waals surface area contributed by atoms with Gasteiger partial charge in [0.2, 0.25) is 0 Å². The molecule has 0 saturated carbocycles. The molecule has 1 atom stereocenters. The average molecular weight is 373 g/mol. The van der Waals surface area contributed by atoms with Gasteiger partial charge in [-0.3, -0.25) is 0 Å². The molecule has 0 aliphatic carbocycles. The monoisotopic (exact) mass is 372 g/mol. The fraction of sp³-hybridized carbons (Fsp3) is 0.500. The van der Waals surface area contributed by atoms with Gasteiger partial charge in [0.15, 0.2) is 0 Å². The number of hydrogen-bond acceptors (Lipinski definition) is 3. The fourth-order valence-electron chi connectivity index (χ4n) is 3.00. The zero-order valence-electron chi connectivity index (χ0n) is 18.0. The van der Waals surface area contributed by atoms with Crippen LogP contribution in [0.1, 0.15) is 75.6 Å². The highest BCUT2D eigenvalue weighted by molar-refractivity contribution is 5.69. The van der Waals surface area contributed by atoms with Crippen LogP contribution in [0.2, 0.25) is 0 Å². The van der Waals surface area contributed by atoms with Crippen LogP contribution in [0.4, 0.5) is 0 Å². The van der Waals surface area contributed by atoms with Crippen molar-refractivity contribution in [3.8, 4) is 11.5 Å². The van der Waals surface area contributed by atoms with Gasteiger partial charge < -0.3 is 15.3 Å². The second kappa shape index (κ2) is 9.80. The van der Waals surface area contributed by atoms with Gasteiger partial charge in [0.05, 0.1) is 5.60 Å². The van der Waals surface area contributed by atoms with Crippen molar-refractivity contribution in [1.29, 1.82) is 0 Å². The van der Waals surface area contributed by atoms with Crippen LogP contribution in [0, 0.1) is 20.8 Å². The molecule has 0 heterocycles. The Labute approximate surface area is 164 Å². The largest absolute Gasteiger partial charge is 0.507 e. The second-order valence-electron chi connectivity index (χ2n) is 8.09. The number of rotatable bonds is 8. The molecule has 0 aliphatic heterocycles. The maximum Gasteiger partial charge on any atom is 0.126 e. The van der Waals surface area contributed by atoms with Crippen molar-refractivity contribution < 1.29 is 15.3 Å². The lowest BCUT2D eigenvalue weighted by Crippen LogP contribution is -2.20. The van der Waals surface area contributed by atoms with E-state index >= 15 is 0 Å². The minimum absolute atomic E-state index is 0.157. The van der Waals surface area contributed by atoms with Gasteiger partial charge in [-0.05, 0) is 85.3 Å². The van der Waals surface area contributed by atoms with E-state index in [4.69, 9.17) is 0 Å². The van der Waals surface area contributed by atoms with E-state index < -0.39 is 5.60 Å². The maximum atomic E-state index is 10.6. The Hall–Kier alpha value is -2.00. The summed E-state index contributed by atoms with van der Waals surface area (Å²) in [5.74, 6) is 0.351. The number of hydrogen-bond donors (Lipinski definition) is 3. The van der Waals surface area contributed by atoms with Gasteiger partial charge in [0.1, 0.15) is 11.5 Å². The van der Waals surface area contributed by atoms with Crippen LogP contribution in [-0.2, 0) is 0 Å². The fourth-order valence-corrected chi connectivity index (χ4v) is 3.00. The Morgan fingerprint density at radius 2 is 1.48 bits per heavy atom. The summed E-state index contributed by atoms with van der Waals surface area (Å²) in [4.78, 5) is 0. The van der Waals surface area contributed by atoms with Crippen molar-refractivity contribution in [2.75, 3.05) is 0 Å². The van der Waals surface area contributed by atoms with E-state index in [1.54, 1.807) is 39.8 Å². The van der Waals surface area contributed by atoms with Gasteiger partial charge >= 0.3 is 0 Å². The number of phenolic OH excluding ortho intramolecular Hbond substituents is 2. The third-order valence-electron chi connectivity index (χ3n) is 5.13. The van der Waals surface area contributed by atoms with E-state index in [1.165, 1.54) is 11.1 Å². The summed E-state index contributed by atoms with van der Waals surface area (Å²) in [5.41, 5.74) is 4.22. The molecule has 1 unspecified atom stereocenters. The van der Waals surface area contributed by atoms with E-state index in [9.17, 15) is 15.3 Å². The number of phenols is 2. The molecule has 0 fully saturated rings. The van der Waals surface area contributed by atoms with E-state index in [0.717, 1.165) is 19.3 Å². The molecular formula is C24H36O3. The summed E-state index contributed by atoms with van der Waals surface area (Å²) in [6.07, 6.45) is 11.3. The molecule has 0 radical (unpaired) electrons. The Morgan fingerprint density at radius 1 is 0.889 bits per heavy atom. The first-order chi connectivity index (χ1) is 12.5. The van der Waals surface area contributed by atoms with E-state index in [0.29, 0.717) is 28.7 Å². The molecule has 3 nitrogen and oxygen atoms in total. The molecule has 0 amide bonds. The smallest absolute Gasteiger partial charge is 0.126 e. The Balaban J connectivity index is 2.80. The maximum absolute atomic E-state index is 10.6. The highest BCUT2D eigenvalue weighted by Crippen LogP contribution is 2.37. The van der Waals surface area contributed by atoms with E-state index in [2.05, 4.69) is 32.9 Å². The summed E-state index contributed by atoms with van der Waals surface area (Å²) >= 11 is 0. The summed E-state index contributed by atoms with van der Waals surface area (Å²) in [5, 5.41) is 31.2. The van der Waals surface area contributed by atoms with Crippen LogP contribution < -0.4 is 0 Å². The van der Waals surface area contributed by atoms with Gasteiger partial charge in [0, 0.05) is 11.1 Å². The lowest BCUT2D eigenvalue weighted by molar-refractivity contribution is 0.104. The van der Waals surface area contributed by atoms with Crippen molar-refractivity contribution in [1.82, 2.24) is 0 Å². The molecular weight excluding hydrogens is 336 g/mol. The van der Waals surface area contributed by atoms with Gasteiger partial charge in [-0.1, -0.05) is 35.5 Å². The zero-order chi connectivity index (χ0) is 20.8. The molecule has 1 aromatic carbocycles. The molecule has 0 aliphatic rings. The van der Waals surface area contributed by atoms with E-state index in [1.807, 2.05) is 0 Å². The molecule has 0 spiro atoms. The number of allylic oxidation sites excluding steroid dienone is 4. The molecule has 0 saturated heterocycles. The van der Waals surface area contributed by atoms with Crippen molar-refractivity contribution in [2.45, 2.75) is 79.8 Å². The summed E-state index contributed by atoms with van der Waals surface area (Å²) < 4.78 is 0. The first-order valence-electron chi connectivity index (χ1n) is 9.68. The summed E-state index contributed by atoms with van der Waals surface area (Å²) in [7, 11) is 0. The number of aliphatic hydroxyl groups is 1. The molecule has 150 valence electrons. The Kier molecular flexibility index (Phi) is 8.36. The van der Waals surface area contributed by atoms with Crippen molar-refractivity contribution in [3.05, 3.63) is 51.6 Å². The first kappa shape index (κ1) is 23.0. The summed E-state index contributed by atoms with van der Waals surface area (Å²) in [6.45, 7) is 13.4. The highest BCUT2D eigenvalue weighted by atomic mass is 16.3. The van der Waals surface area contributed by atoms with Gasteiger partial charge in [-0.25, -0.2) is 0 Å². The van der Waals surface area contributed by atoms with Crippen molar-refractivity contribution in [2.24, 2.45) is 0 Å². The van der Waals surface area contributed by atoms with Crippen molar-refractivity contribution >= 4 is 6.08 Å². The van der Waals surface area contributed by atoms with Gasteiger partial charge in [-0.15, -0.1) is 0 Å². The molecule has 3 N–H and O–H groups in total. The van der Waals surface area contributed by atoms with Crippen LogP contribution in [-0.4, -0.2) is 20.9 Å². The molecule has 27 heavy (non-hydrogen) atoms. The van der Waals surface area contributed by atoms with Gasteiger partial charge in [-0.2, -0.15) is 0 Å². The van der Waals surface area contributed by atoms with Crippen molar-refractivity contribution in [3.63, 3.8) is 0 Å². The van der Waals surface area contributed by atoms with Crippen LogP contribution in [0.25, 0.3) is 6.08 Å². The lowest BCUT2D eigenvalue weighted by atomic mass is 9.93. The first-order valence-corrected chi connectivity index (χ1v) is 9.68. The number of aromatic hydroxyl groups is 2. The third kappa shape index (κ3) is 6.91. The normalized spacial score (nSPS) is 14.4. The van der Waals surface area contributed by atoms with Gasteiger partial charge in [0.25, 0.3) is 0 Å².